The summed E-state index contributed by atoms with van der Waals surface area (Å²) in [5.74, 6) is -0.438. The Kier molecular flexibility index (Phi) is 8.11. The Hall–Kier alpha value is -2.19. The number of anilines is 2. The monoisotopic (exact) mass is 484 g/mol. The van der Waals surface area contributed by atoms with E-state index in [1.54, 1.807) is 25.1 Å². The van der Waals surface area contributed by atoms with Gasteiger partial charge in [-0.25, -0.2) is 0 Å². The van der Waals surface area contributed by atoms with Gasteiger partial charge >= 0.3 is 6.18 Å². The smallest absolute Gasteiger partial charge is 0.326 e. The zero-order valence-electron chi connectivity index (χ0n) is 17.5. The number of carbonyl (C=O) groups excluding carboxylic acids is 2. The minimum atomic E-state index is -4.53. The third-order valence-electron chi connectivity index (χ3n) is 5.31. The van der Waals surface area contributed by atoms with Crippen LogP contribution in [0.1, 0.15) is 44.6 Å². The van der Waals surface area contributed by atoms with Crippen molar-refractivity contribution in [3.05, 3.63) is 53.1 Å². The Balaban J connectivity index is 1.62. The number of hydrogen-bond acceptors (Lipinski definition) is 3. The molecule has 1 aliphatic rings. The maximum Gasteiger partial charge on any atom is 0.416 e. The Morgan fingerprint density at radius 2 is 1.78 bits per heavy atom. The molecule has 0 spiro atoms. The first-order valence-corrected chi connectivity index (χ1v) is 11.6. The van der Waals surface area contributed by atoms with Crippen LogP contribution in [-0.2, 0) is 15.8 Å². The standard InChI is InChI=1S/C23H24ClF3N2O2S/c1-14(21(30)29-20-12-16(23(25,26)27)10-11-19(20)24)32-18-9-5-8-17(13-18)28-22(31)15-6-3-2-4-7-15/h5,8-15H,2-4,6-7H2,1H3,(H,28,31)(H,29,30). The molecule has 2 N–H and O–H groups in total. The van der Waals surface area contributed by atoms with Crippen molar-refractivity contribution in [2.75, 3.05) is 10.6 Å². The molecule has 0 heterocycles. The van der Waals surface area contributed by atoms with Crippen LogP contribution in [0, 0.1) is 5.92 Å². The second-order valence-electron chi connectivity index (χ2n) is 7.79. The van der Waals surface area contributed by atoms with E-state index in [4.69, 9.17) is 11.6 Å². The fourth-order valence-electron chi connectivity index (χ4n) is 3.55. The van der Waals surface area contributed by atoms with Crippen LogP contribution in [0.15, 0.2) is 47.4 Å². The fourth-order valence-corrected chi connectivity index (χ4v) is 4.64. The minimum absolute atomic E-state index is 0.0110. The van der Waals surface area contributed by atoms with Crippen LogP contribution in [0.2, 0.25) is 5.02 Å². The number of alkyl halides is 3. The first kappa shape index (κ1) is 24.5. The molecule has 1 saturated carbocycles. The summed E-state index contributed by atoms with van der Waals surface area (Å²) in [5.41, 5.74) is -0.328. The number of nitrogens with one attached hydrogen (secondary N) is 2. The third-order valence-corrected chi connectivity index (χ3v) is 6.73. The summed E-state index contributed by atoms with van der Waals surface area (Å²) in [6.07, 6.45) is 0.562. The lowest BCUT2D eigenvalue weighted by Crippen LogP contribution is -2.24. The molecule has 172 valence electrons. The van der Waals surface area contributed by atoms with E-state index in [9.17, 15) is 22.8 Å². The van der Waals surface area contributed by atoms with Gasteiger partial charge in [0.1, 0.15) is 0 Å². The van der Waals surface area contributed by atoms with Crippen molar-refractivity contribution in [3.8, 4) is 0 Å². The molecule has 32 heavy (non-hydrogen) atoms. The lowest BCUT2D eigenvalue weighted by Gasteiger charge is -2.21. The number of benzene rings is 2. The number of halogens is 4. The summed E-state index contributed by atoms with van der Waals surface area (Å²) < 4.78 is 38.8. The molecule has 1 aliphatic carbocycles. The van der Waals surface area contributed by atoms with E-state index in [-0.39, 0.29) is 22.5 Å². The number of rotatable bonds is 6. The van der Waals surface area contributed by atoms with Crippen molar-refractivity contribution in [2.45, 2.75) is 55.3 Å². The number of hydrogen-bond donors (Lipinski definition) is 2. The van der Waals surface area contributed by atoms with E-state index in [1.807, 2.05) is 6.07 Å². The summed E-state index contributed by atoms with van der Waals surface area (Å²) in [6.45, 7) is 1.65. The molecule has 0 aliphatic heterocycles. The molecule has 0 aromatic heterocycles. The van der Waals surface area contributed by atoms with Gasteiger partial charge in [-0.2, -0.15) is 13.2 Å². The SMILES string of the molecule is CC(Sc1cccc(NC(=O)C2CCCCC2)c1)C(=O)Nc1cc(C(F)(F)F)ccc1Cl. The highest BCUT2D eigenvalue weighted by atomic mass is 35.5. The van der Waals surface area contributed by atoms with Crippen LogP contribution in [0.25, 0.3) is 0 Å². The molecule has 1 fully saturated rings. The van der Waals surface area contributed by atoms with Gasteiger partial charge in [0.15, 0.2) is 0 Å². The topological polar surface area (TPSA) is 58.2 Å². The molecule has 0 saturated heterocycles. The highest BCUT2D eigenvalue weighted by Gasteiger charge is 2.31. The Morgan fingerprint density at radius 3 is 2.47 bits per heavy atom. The van der Waals surface area contributed by atoms with Crippen molar-refractivity contribution in [1.82, 2.24) is 0 Å². The number of amides is 2. The molecule has 2 aromatic carbocycles. The molecule has 0 radical (unpaired) electrons. The van der Waals surface area contributed by atoms with E-state index in [0.29, 0.717) is 5.69 Å². The van der Waals surface area contributed by atoms with Gasteiger partial charge in [-0.1, -0.05) is 36.9 Å². The molecule has 1 atom stereocenters. The van der Waals surface area contributed by atoms with Crippen LogP contribution in [0.5, 0.6) is 0 Å². The van der Waals surface area contributed by atoms with Crippen LogP contribution >= 0.6 is 23.4 Å². The molecule has 1 unspecified atom stereocenters. The molecular formula is C23H24ClF3N2O2S. The van der Waals surface area contributed by atoms with Gasteiger partial charge in [0.05, 0.1) is 21.5 Å². The quantitative estimate of drug-likeness (QED) is 0.434. The van der Waals surface area contributed by atoms with Crippen LogP contribution in [0.3, 0.4) is 0 Å². The predicted octanol–water partition coefficient (Wildman–Crippen LogP) is 7.00. The average Bonchev–Trinajstić information content (AvgIpc) is 2.75. The zero-order valence-corrected chi connectivity index (χ0v) is 19.0. The second-order valence-corrected chi connectivity index (χ2v) is 9.62. The summed E-state index contributed by atoms with van der Waals surface area (Å²) in [5, 5.41) is 4.83. The number of carbonyl (C=O) groups is 2. The van der Waals surface area contributed by atoms with Gasteiger partial charge in [0.25, 0.3) is 0 Å². The predicted molar refractivity (Wildman–Crippen MR) is 122 cm³/mol. The van der Waals surface area contributed by atoms with E-state index in [0.717, 1.165) is 48.8 Å². The molecule has 0 bridgehead atoms. The summed E-state index contributed by atoms with van der Waals surface area (Å²) >= 11 is 7.19. The lowest BCUT2D eigenvalue weighted by atomic mass is 9.88. The largest absolute Gasteiger partial charge is 0.416 e. The van der Waals surface area contributed by atoms with E-state index in [2.05, 4.69) is 10.6 Å². The molecule has 2 amide bonds. The summed E-state index contributed by atoms with van der Waals surface area (Å²) in [6, 6.07) is 9.96. The second kappa shape index (κ2) is 10.6. The van der Waals surface area contributed by atoms with E-state index < -0.39 is 22.9 Å². The molecule has 3 rings (SSSR count). The van der Waals surface area contributed by atoms with Crippen molar-refractivity contribution in [2.24, 2.45) is 5.92 Å². The fraction of sp³-hybridized carbons (Fsp3) is 0.391. The average molecular weight is 485 g/mol. The van der Waals surface area contributed by atoms with Crippen LogP contribution in [0.4, 0.5) is 24.5 Å². The number of thioether (sulfide) groups is 1. The highest BCUT2D eigenvalue weighted by molar-refractivity contribution is 8.00. The van der Waals surface area contributed by atoms with Crippen LogP contribution < -0.4 is 10.6 Å². The molecule has 2 aromatic rings. The maximum absolute atomic E-state index is 12.9. The van der Waals surface area contributed by atoms with Gasteiger partial charge in [-0.3, -0.25) is 9.59 Å². The zero-order chi connectivity index (χ0) is 23.3. The Morgan fingerprint density at radius 1 is 1.06 bits per heavy atom. The summed E-state index contributed by atoms with van der Waals surface area (Å²) in [7, 11) is 0. The van der Waals surface area contributed by atoms with E-state index in [1.165, 1.54) is 18.2 Å². The van der Waals surface area contributed by atoms with Crippen molar-refractivity contribution >= 4 is 46.6 Å². The summed E-state index contributed by atoms with van der Waals surface area (Å²) in [4.78, 5) is 25.8. The van der Waals surface area contributed by atoms with Gasteiger partial charge in [-0.15, -0.1) is 11.8 Å². The minimum Gasteiger partial charge on any atom is -0.326 e. The van der Waals surface area contributed by atoms with Gasteiger partial charge in [-0.05, 0) is 56.2 Å². The van der Waals surface area contributed by atoms with Gasteiger partial charge in [0.2, 0.25) is 11.8 Å². The lowest BCUT2D eigenvalue weighted by molar-refractivity contribution is -0.137. The van der Waals surface area contributed by atoms with Crippen LogP contribution in [-0.4, -0.2) is 17.1 Å². The van der Waals surface area contributed by atoms with Crippen molar-refractivity contribution in [1.29, 1.82) is 0 Å². The third kappa shape index (κ3) is 6.65. The first-order chi connectivity index (χ1) is 15.1. The molecule has 9 heteroatoms. The van der Waals surface area contributed by atoms with E-state index >= 15 is 0 Å². The normalized spacial score (nSPS) is 15.8. The van der Waals surface area contributed by atoms with Gasteiger partial charge in [0, 0.05) is 16.5 Å². The maximum atomic E-state index is 12.9. The van der Waals surface area contributed by atoms with Gasteiger partial charge < -0.3 is 10.6 Å². The van der Waals surface area contributed by atoms with Crippen molar-refractivity contribution in [3.63, 3.8) is 0 Å². The van der Waals surface area contributed by atoms with Crippen molar-refractivity contribution < 1.29 is 22.8 Å². The first-order valence-electron chi connectivity index (χ1n) is 10.4. The Bertz CT molecular complexity index is 978. The molecular weight excluding hydrogens is 461 g/mol. The Labute approximate surface area is 194 Å². The molecule has 4 nitrogen and oxygen atoms in total. The highest BCUT2D eigenvalue weighted by Crippen LogP contribution is 2.34.